The van der Waals surface area contributed by atoms with Crippen LogP contribution in [0.25, 0.3) is 10.9 Å². The van der Waals surface area contributed by atoms with E-state index >= 15 is 0 Å². The lowest BCUT2D eigenvalue weighted by molar-refractivity contribution is 0.223. The van der Waals surface area contributed by atoms with Gasteiger partial charge in [0, 0.05) is 25.0 Å². The van der Waals surface area contributed by atoms with Crippen LogP contribution in [-0.4, -0.2) is 27.5 Å². The Labute approximate surface area is 114 Å². The Balaban J connectivity index is 2.09. The van der Waals surface area contributed by atoms with Gasteiger partial charge in [0.05, 0.1) is 17.8 Å². The summed E-state index contributed by atoms with van der Waals surface area (Å²) in [5.41, 5.74) is 2.18. The second kappa shape index (κ2) is 6.17. The number of hydrogen-bond donors (Lipinski definition) is 2. The highest BCUT2D eigenvalue weighted by Gasteiger charge is 2.12. The lowest BCUT2D eigenvalue weighted by Gasteiger charge is -2.17. The Morgan fingerprint density at radius 3 is 2.74 bits per heavy atom. The van der Waals surface area contributed by atoms with Crippen molar-refractivity contribution in [2.45, 2.75) is 32.9 Å². The Morgan fingerprint density at radius 2 is 2.05 bits per heavy atom. The van der Waals surface area contributed by atoms with Gasteiger partial charge >= 0.3 is 0 Å². The highest BCUT2D eigenvalue weighted by atomic mass is 16.3. The van der Waals surface area contributed by atoms with Gasteiger partial charge in [0.1, 0.15) is 0 Å². The summed E-state index contributed by atoms with van der Waals surface area (Å²) in [4.78, 5) is 0. The van der Waals surface area contributed by atoms with Crippen LogP contribution in [0.4, 0.5) is 0 Å². The zero-order valence-electron chi connectivity index (χ0n) is 11.9. The zero-order valence-corrected chi connectivity index (χ0v) is 11.9. The minimum absolute atomic E-state index is 0.140. The maximum atomic E-state index is 9.38. The van der Waals surface area contributed by atoms with E-state index < -0.39 is 0 Å². The predicted molar refractivity (Wildman–Crippen MR) is 77.9 cm³/mol. The number of hydrogen-bond acceptors (Lipinski definition) is 3. The number of aryl methyl sites for hydroxylation is 1. The number of aliphatic hydroxyl groups is 1. The van der Waals surface area contributed by atoms with Crippen molar-refractivity contribution >= 4 is 10.9 Å². The van der Waals surface area contributed by atoms with Gasteiger partial charge in [0.15, 0.2) is 0 Å². The van der Waals surface area contributed by atoms with E-state index in [9.17, 15) is 5.11 Å². The summed E-state index contributed by atoms with van der Waals surface area (Å²) in [6, 6.07) is 8.36. The molecule has 1 heterocycles. The van der Waals surface area contributed by atoms with Crippen molar-refractivity contribution in [1.29, 1.82) is 0 Å². The van der Waals surface area contributed by atoms with Crippen molar-refractivity contribution in [3.63, 3.8) is 0 Å². The molecule has 0 aliphatic rings. The summed E-state index contributed by atoms with van der Waals surface area (Å²) in [6.45, 7) is 5.20. The Hall–Kier alpha value is -1.39. The number of para-hydroxylation sites is 1. The summed E-state index contributed by atoms with van der Waals surface area (Å²) in [6.07, 6.45) is 0.973. The second-order valence-electron chi connectivity index (χ2n) is 5.48. The molecule has 4 nitrogen and oxygen atoms in total. The van der Waals surface area contributed by atoms with Crippen molar-refractivity contribution in [3.8, 4) is 0 Å². The third-order valence-electron chi connectivity index (χ3n) is 3.37. The van der Waals surface area contributed by atoms with Crippen LogP contribution in [0.1, 0.15) is 26.0 Å². The van der Waals surface area contributed by atoms with Gasteiger partial charge in [-0.3, -0.25) is 4.68 Å². The van der Waals surface area contributed by atoms with E-state index in [0.717, 1.165) is 17.6 Å². The van der Waals surface area contributed by atoms with Gasteiger partial charge in [-0.2, -0.15) is 5.10 Å². The molecule has 19 heavy (non-hydrogen) atoms. The summed E-state index contributed by atoms with van der Waals surface area (Å²) < 4.78 is 1.91. The van der Waals surface area contributed by atoms with Crippen molar-refractivity contribution < 1.29 is 5.11 Å². The maximum Gasteiger partial charge on any atom is 0.0841 e. The smallest absolute Gasteiger partial charge is 0.0841 e. The Bertz CT molecular complexity index is 533. The van der Waals surface area contributed by atoms with Crippen molar-refractivity contribution in [2.24, 2.45) is 13.0 Å². The molecule has 0 radical (unpaired) electrons. The van der Waals surface area contributed by atoms with Crippen LogP contribution < -0.4 is 5.32 Å². The molecule has 0 saturated carbocycles. The van der Waals surface area contributed by atoms with E-state index in [0.29, 0.717) is 12.5 Å². The lowest BCUT2D eigenvalue weighted by atomic mass is 10.0. The number of benzene rings is 1. The maximum absolute atomic E-state index is 9.38. The van der Waals surface area contributed by atoms with Gasteiger partial charge in [-0.1, -0.05) is 32.0 Å². The molecule has 1 aromatic carbocycles. The number of aromatic nitrogens is 2. The molecule has 0 fully saturated rings. The molecular weight excluding hydrogens is 238 g/mol. The SMILES string of the molecule is CC(C)CC(CO)NCc1nn(C)c2ccccc12. The fraction of sp³-hybridized carbons (Fsp3) is 0.533. The van der Waals surface area contributed by atoms with Gasteiger partial charge in [-0.15, -0.1) is 0 Å². The Morgan fingerprint density at radius 1 is 1.32 bits per heavy atom. The average molecular weight is 261 g/mol. The molecule has 1 aromatic heterocycles. The first-order valence-corrected chi connectivity index (χ1v) is 6.86. The number of nitrogens with zero attached hydrogens (tertiary/aromatic N) is 2. The minimum atomic E-state index is 0.140. The number of aliphatic hydroxyl groups excluding tert-OH is 1. The molecule has 0 amide bonds. The van der Waals surface area contributed by atoms with E-state index in [1.807, 2.05) is 23.9 Å². The summed E-state index contributed by atoms with van der Waals surface area (Å²) in [5, 5.41) is 18.5. The van der Waals surface area contributed by atoms with Crippen molar-refractivity contribution in [3.05, 3.63) is 30.0 Å². The number of fused-ring (bicyclic) bond motifs is 1. The molecule has 0 aliphatic carbocycles. The third kappa shape index (κ3) is 3.33. The zero-order chi connectivity index (χ0) is 13.8. The van der Waals surface area contributed by atoms with Crippen LogP contribution in [0.5, 0.6) is 0 Å². The second-order valence-corrected chi connectivity index (χ2v) is 5.48. The van der Waals surface area contributed by atoms with Crippen LogP contribution in [-0.2, 0) is 13.6 Å². The summed E-state index contributed by atoms with van der Waals surface area (Å²) in [7, 11) is 1.96. The molecule has 2 aromatic rings. The van der Waals surface area contributed by atoms with Crippen molar-refractivity contribution in [2.75, 3.05) is 6.61 Å². The lowest BCUT2D eigenvalue weighted by Crippen LogP contribution is -2.33. The predicted octanol–water partition coefficient (Wildman–Crippen LogP) is 2.07. The van der Waals surface area contributed by atoms with E-state index in [2.05, 4.69) is 36.4 Å². The van der Waals surface area contributed by atoms with Crippen LogP contribution >= 0.6 is 0 Å². The third-order valence-corrected chi connectivity index (χ3v) is 3.37. The van der Waals surface area contributed by atoms with Gasteiger partial charge < -0.3 is 10.4 Å². The fourth-order valence-corrected chi connectivity index (χ4v) is 2.45. The first-order valence-electron chi connectivity index (χ1n) is 6.86. The molecule has 2 N–H and O–H groups in total. The largest absolute Gasteiger partial charge is 0.395 e. The summed E-state index contributed by atoms with van der Waals surface area (Å²) >= 11 is 0. The van der Waals surface area contributed by atoms with Crippen LogP contribution in [0.3, 0.4) is 0 Å². The topological polar surface area (TPSA) is 50.1 Å². The van der Waals surface area contributed by atoms with Gasteiger partial charge in [-0.05, 0) is 18.4 Å². The van der Waals surface area contributed by atoms with Crippen LogP contribution in [0.2, 0.25) is 0 Å². The van der Waals surface area contributed by atoms with E-state index in [1.165, 1.54) is 5.39 Å². The average Bonchev–Trinajstić information content (AvgIpc) is 2.72. The molecule has 104 valence electrons. The van der Waals surface area contributed by atoms with E-state index in [4.69, 9.17) is 0 Å². The normalized spacial score (nSPS) is 13.3. The fourth-order valence-electron chi connectivity index (χ4n) is 2.45. The standard InChI is InChI=1S/C15H23N3O/c1-11(2)8-12(10-19)16-9-14-13-6-4-5-7-15(13)18(3)17-14/h4-7,11-12,16,19H,8-10H2,1-3H3. The molecule has 0 saturated heterocycles. The minimum Gasteiger partial charge on any atom is -0.395 e. The highest BCUT2D eigenvalue weighted by molar-refractivity contribution is 5.81. The number of rotatable bonds is 6. The molecule has 2 rings (SSSR count). The van der Waals surface area contributed by atoms with Gasteiger partial charge in [-0.25, -0.2) is 0 Å². The molecule has 0 aliphatic heterocycles. The van der Waals surface area contributed by atoms with Crippen LogP contribution in [0.15, 0.2) is 24.3 Å². The first kappa shape index (κ1) is 14.0. The molecule has 1 unspecified atom stereocenters. The Kier molecular flexibility index (Phi) is 4.56. The molecule has 0 spiro atoms. The van der Waals surface area contributed by atoms with E-state index in [-0.39, 0.29) is 12.6 Å². The van der Waals surface area contributed by atoms with Gasteiger partial charge in [0.25, 0.3) is 0 Å². The first-order chi connectivity index (χ1) is 9.11. The molecule has 4 heteroatoms. The van der Waals surface area contributed by atoms with Gasteiger partial charge in [0.2, 0.25) is 0 Å². The number of nitrogens with one attached hydrogen (secondary N) is 1. The molecule has 0 bridgehead atoms. The van der Waals surface area contributed by atoms with Crippen molar-refractivity contribution in [1.82, 2.24) is 15.1 Å². The van der Waals surface area contributed by atoms with E-state index in [1.54, 1.807) is 0 Å². The highest BCUT2D eigenvalue weighted by Crippen LogP contribution is 2.17. The summed E-state index contributed by atoms with van der Waals surface area (Å²) in [5.74, 6) is 0.574. The quantitative estimate of drug-likeness (QED) is 0.837. The monoisotopic (exact) mass is 261 g/mol. The molecular formula is C15H23N3O. The molecule has 1 atom stereocenters. The van der Waals surface area contributed by atoms with Crippen LogP contribution in [0, 0.1) is 5.92 Å².